The molecule has 7 rings (SSSR count). The largest absolute Gasteiger partial charge is 0.481 e. The van der Waals surface area contributed by atoms with Crippen LogP contribution in [0.1, 0.15) is 164 Å². The maximum absolute atomic E-state index is 13.4. The van der Waals surface area contributed by atoms with Gasteiger partial charge in [0.15, 0.2) is 0 Å². The predicted octanol–water partition coefficient (Wildman–Crippen LogP) is 10.5. The smallest absolute Gasteiger partial charge is 0.310 e. The number of nitrogens with one attached hydrogen (secondary N) is 1. The number of fused-ring (bicyclic) bond motifs is 7. The maximum Gasteiger partial charge on any atom is 0.310 e. The molecule has 0 heterocycles. The van der Waals surface area contributed by atoms with Gasteiger partial charge in [-0.2, -0.15) is 0 Å². The van der Waals surface area contributed by atoms with Crippen LogP contribution in [-0.2, 0) is 4.79 Å². The normalized spacial score (nSPS) is 49.1. The molecule has 0 bridgehead atoms. The van der Waals surface area contributed by atoms with Crippen molar-refractivity contribution < 1.29 is 24.5 Å². The van der Waals surface area contributed by atoms with Crippen LogP contribution in [0.4, 0.5) is 4.39 Å². The molecule has 0 aromatic rings. The lowest BCUT2D eigenvalue weighted by atomic mass is 9.33. The Morgan fingerprint density at radius 2 is 1.55 bits per heavy atom. The van der Waals surface area contributed by atoms with Crippen molar-refractivity contribution in [1.82, 2.24) is 5.32 Å². The van der Waals surface area contributed by atoms with Gasteiger partial charge in [0.2, 0.25) is 0 Å². The molecule has 0 amide bonds. The lowest BCUT2D eigenvalue weighted by molar-refractivity contribution is -0.221. The van der Waals surface area contributed by atoms with Crippen LogP contribution < -0.4 is 5.32 Å². The minimum atomic E-state index is -0.956. The van der Waals surface area contributed by atoms with E-state index >= 15 is 0 Å². The van der Waals surface area contributed by atoms with Crippen LogP contribution in [0.25, 0.3) is 0 Å². The van der Waals surface area contributed by atoms with Crippen molar-refractivity contribution in [2.75, 3.05) is 13.2 Å². The summed E-state index contributed by atoms with van der Waals surface area (Å²) in [6.45, 7) is 22.1. The zero-order chi connectivity index (χ0) is 38.5. The fourth-order valence-electron chi connectivity index (χ4n) is 15.5. The van der Waals surface area contributed by atoms with Crippen molar-refractivity contribution in [1.29, 1.82) is 0 Å². The van der Waals surface area contributed by atoms with Gasteiger partial charge in [0, 0.05) is 5.54 Å². The summed E-state index contributed by atoms with van der Waals surface area (Å²) in [7, 11) is 0. The molecule has 5 fully saturated rings. The zero-order valence-electron chi connectivity index (χ0n) is 34.5. The second-order valence-corrected chi connectivity index (χ2v) is 21.7. The molecule has 0 radical (unpaired) electrons. The van der Waals surface area contributed by atoms with E-state index in [1.165, 1.54) is 68.1 Å². The van der Waals surface area contributed by atoms with E-state index < -0.39 is 29.3 Å². The van der Waals surface area contributed by atoms with Gasteiger partial charge in [0.25, 0.3) is 0 Å². The lowest BCUT2D eigenvalue weighted by Gasteiger charge is -2.72. The molecule has 7 aliphatic rings. The summed E-state index contributed by atoms with van der Waals surface area (Å²) in [5.74, 6) is 2.14. The molecule has 298 valence electrons. The van der Waals surface area contributed by atoms with E-state index in [0.29, 0.717) is 68.1 Å². The second-order valence-electron chi connectivity index (χ2n) is 21.7. The number of carboxylic acids is 1. The topological polar surface area (TPSA) is 89.8 Å². The first-order valence-corrected chi connectivity index (χ1v) is 21.8. The van der Waals surface area contributed by atoms with E-state index in [-0.39, 0.29) is 33.6 Å². The molecule has 6 heteroatoms. The van der Waals surface area contributed by atoms with Gasteiger partial charge in [0.1, 0.15) is 0 Å². The Bertz CT molecular complexity index is 1520. The second kappa shape index (κ2) is 13.3. The summed E-state index contributed by atoms with van der Waals surface area (Å²) in [6, 6.07) is 0. The molecule has 4 N–H and O–H groups in total. The molecular formula is C47H74FNO4. The van der Waals surface area contributed by atoms with Gasteiger partial charge >= 0.3 is 5.97 Å². The van der Waals surface area contributed by atoms with Gasteiger partial charge in [0.05, 0.1) is 23.3 Å². The van der Waals surface area contributed by atoms with Crippen molar-refractivity contribution in [2.24, 2.45) is 56.7 Å². The molecule has 5 saturated carbocycles. The number of alkyl halides is 1. The molecule has 5 nitrogen and oxygen atoms in total. The number of hydrogen-bond acceptors (Lipinski definition) is 4. The number of carboxylic acid groups (broad SMARTS) is 1. The molecule has 7 aliphatic carbocycles. The van der Waals surface area contributed by atoms with E-state index in [1.54, 1.807) is 0 Å². The van der Waals surface area contributed by atoms with Crippen molar-refractivity contribution >= 4 is 5.97 Å². The Kier molecular flexibility index (Phi) is 9.96. The maximum atomic E-state index is 13.4. The molecule has 10 atom stereocenters. The summed E-state index contributed by atoms with van der Waals surface area (Å²) in [4.78, 5) is 12.2. The molecule has 0 saturated heterocycles. The Morgan fingerprint density at radius 1 is 0.830 bits per heavy atom. The number of rotatable bonds is 9. The van der Waals surface area contributed by atoms with E-state index in [9.17, 15) is 24.5 Å². The molecule has 0 aliphatic heterocycles. The first-order chi connectivity index (χ1) is 24.7. The highest BCUT2D eigenvalue weighted by atomic mass is 19.1. The Balaban J connectivity index is 1.13. The third-order valence-corrected chi connectivity index (χ3v) is 19.0. The van der Waals surface area contributed by atoms with E-state index in [0.717, 1.165) is 25.8 Å². The van der Waals surface area contributed by atoms with Crippen LogP contribution in [0.2, 0.25) is 0 Å². The van der Waals surface area contributed by atoms with Crippen molar-refractivity contribution in [3.05, 3.63) is 35.5 Å². The molecule has 0 aromatic heterocycles. The van der Waals surface area contributed by atoms with Gasteiger partial charge in [-0.15, -0.1) is 0 Å². The molecule has 53 heavy (non-hydrogen) atoms. The highest BCUT2D eigenvalue weighted by molar-refractivity contribution is 5.75. The SMILES string of the molecule is C=C(C)[C@@H]1CC[C@]2(NCCC3(O)CCC(C)(O)CC3)CC[C@]3(C)[C@H](CC[C@@H]4[C@@]5(C)CC=C(C6=CC[C@@](CCF)(C(=O)O)CC6)C(C)(C)[C@@H]5CC[C@]43C)[C@@H]12. The number of carbonyl (C=O) groups is 1. The monoisotopic (exact) mass is 736 g/mol. The Morgan fingerprint density at radius 3 is 2.17 bits per heavy atom. The van der Waals surface area contributed by atoms with Gasteiger partial charge < -0.3 is 20.6 Å². The summed E-state index contributed by atoms with van der Waals surface area (Å²) in [5, 5.41) is 36.3. The summed E-state index contributed by atoms with van der Waals surface area (Å²) >= 11 is 0. The van der Waals surface area contributed by atoms with Crippen LogP contribution >= 0.6 is 0 Å². The molecule has 0 spiro atoms. The number of halogens is 1. The van der Waals surface area contributed by atoms with Crippen molar-refractivity contribution in [3.63, 3.8) is 0 Å². The van der Waals surface area contributed by atoms with Gasteiger partial charge in [-0.25, -0.2) is 0 Å². The number of hydrogen-bond donors (Lipinski definition) is 4. The molecule has 0 unspecified atom stereocenters. The van der Waals surface area contributed by atoms with Crippen molar-refractivity contribution in [2.45, 2.75) is 181 Å². The fourth-order valence-corrected chi connectivity index (χ4v) is 15.5. The highest BCUT2D eigenvalue weighted by Crippen LogP contribution is 2.76. The predicted molar refractivity (Wildman–Crippen MR) is 212 cm³/mol. The van der Waals surface area contributed by atoms with Crippen LogP contribution in [-0.4, -0.2) is 51.2 Å². The minimum absolute atomic E-state index is 0.00156. The molecule has 0 aromatic carbocycles. The lowest BCUT2D eigenvalue weighted by Crippen LogP contribution is -2.68. The number of aliphatic hydroxyl groups is 2. The summed E-state index contributed by atoms with van der Waals surface area (Å²) in [6.07, 6.45) is 21.0. The first-order valence-electron chi connectivity index (χ1n) is 21.8. The summed E-state index contributed by atoms with van der Waals surface area (Å²) in [5.41, 5.74) is 2.66. The quantitative estimate of drug-likeness (QED) is 0.177. The zero-order valence-corrected chi connectivity index (χ0v) is 34.5. The number of allylic oxidation sites excluding steroid dienone is 5. The number of aliphatic carboxylic acids is 1. The standard InChI is InChI=1S/C47H74FNO4/c1-31(2)33-13-20-47(49-30-28-46(53)24-21-41(5,52)22-25-46)26-23-43(7)35(38(33)47)9-10-37-42(6)16-14-34(40(3,4)36(42)15-17-44(37,43)8)32-11-18-45(19-12-32,27-29-48)39(50)51/h11,14,33,35-38,49,52-53H,1,9-10,12-13,15-30H2,2-8H3,(H,50,51)/t33-,35+,36-,37+,38+,41?,42-,43+,44+,45+,46?,47-/m0/s1. The third-order valence-electron chi connectivity index (χ3n) is 19.0. The summed E-state index contributed by atoms with van der Waals surface area (Å²) < 4.78 is 13.4. The van der Waals surface area contributed by atoms with Crippen LogP contribution in [0.3, 0.4) is 0 Å². The highest BCUT2D eigenvalue weighted by Gasteiger charge is 2.70. The average Bonchev–Trinajstić information content (AvgIpc) is 3.47. The fraction of sp³-hybridized carbons (Fsp3) is 0.851. The minimum Gasteiger partial charge on any atom is -0.481 e. The van der Waals surface area contributed by atoms with Crippen LogP contribution in [0, 0.1) is 56.7 Å². The Labute approximate surface area is 321 Å². The average molecular weight is 736 g/mol. The first kappa shape index (κ1) is 39.7. The molecular weight excluding hydrogens is 662 g/mol. The van der Waals surface area contributed by atoms with Crippen LogP contribution in [0.15, 0.2) is 35.5 Å². The van der Waals surface area contributed by atoms with Gasteiger partial charge in [-0.3, -0.25) is 9.18 Å². The van der Waals surface area contributed by atoms with Gasteiger partial charge in [-0.1, -0.05) is 58.9 Å². The van der Waals surface area contributed by atoms with E-state index in [1.807, 2.05) is 6.92 Å². The van der Waals surface area contributed by atoms with Crippen molar-refractivity contribution in [3.8, 4) is 0 Å². The van der Waals surface area contributed by atoms with E-state index in [4.69, 9.17) is 0 Å². The van der Waals surface area contributed by atoms with Crippen LogP contribution in [0.5, 0.6) is 0 Å². The third kappa shape index (κ3) is 6.10. The van der Waals surface area contributed by atoms with E-state index in [2.05, 4.69) is 65.6 Å². The van der Waals surface area contributed by atoms with Gasteiger partial charge in [-0.05, 0) is 198 Å². The Hall–Kier alpha value is -1.50.